The number of aliphatic hydroxyl groups is 1. The topological polar surface area (TPSA) is 63.2 Å². The number of nitrogens with zero attached hydrogens (tertiary/aromatic N) is 1. The van der Waals surface area contributed by atoms with E-state index in [4.69, 9.17) is 14.2 Å². The first kappa shape index (κ1) is 16.4. The lowest BCUT2D eigenvalue weighted by Crippen LogP contribution is -2.50. The van der Waals surface area contributed by atoms with Crippen LogP contribution in [0.1, 0.15) is 25.5 Å². The number of ether oxygens (including phenoxy) is 3. The summed E-state index contributed by atoms with van der Waals surface area (Å²) in [7, 11) is 0. The molecule has 0 amide bonds. The van der Waals surface area contributed by atoms with Crippen molar-refractivity contribution in [3.63, 3.8) is 0 Å². The molecule has 3 aliphatic heterocycles. The van der Waals surface area contributed by atoms with E-state index in [0.29, 0.717) is 12.6 Å². The SMILES string of the molecule is CC1(C)O[C@H]2O[C@H](CN3CCNC(c4ccccc4)C3)[C@H](O)[C@H]2O1. The predicted molar refractivity (Wildman–Crippen MR) is 88.3 cm³/mol. The minimum Gasteiger partial charge on any atom is -0.387 e. The van der Waals surface area contributed by atoms with Crippen molar-refractivity contribution < 1.29 is 19.3 Å². The van der Waals surface area contributed by atoms with Gasteiger partial charge in [-0.05, 0) is 19.4 Å². The van der Waals surface area contributed by atoms with Gasteiger partial charge in [0.15, 0.2) is 12.1 Å². The van der Waals surface area contributed by atoms with Crippen LogP contribution in [0.3, 0.4) is 0 Å². The number of hydrogen-bond acceptors (Lipinski definition) is 6. The van der Waals surface area contributed by atoms with Crippen molar-refractivity contribution in [3.8, 4) is 0 Å². The fourth-order valence-electron chi connectivity index (χ4n) is 3.85. The molecule has 0 saturated carbocycles. The zero-order valence-electron chi connectivity index (χ0n) is 14.2. The first-order valence-electron chi connectivity index (χ1n) is 8.72. The van der Waals surface area contributed by atoms with Crippen LogP contribution < -0.4 is 5.32 Å². The van der Waals surface area contributed by atoms with Crippen LogP contribution in [-0.4, -0.2) is 66.6 Å². The Labute approximate surface area is 142 Å². The van der Waals surface area contributed by atoms with Crippen molar-refractivity contribution in [2.45, 2.75) is 50.3 Å². The quantitative estimate of drug-likeness (QED) is 0.855. The molecule has 132 valence electrons. The van der Waals surface area contributed by atoms with Gasteiger partial charge in [0.1, 0.15) is 18.3 Å². The average Bonchev–Trinajstić information content (AvgIpc) is 3.02. The Morgan fingerprint density at radius 1 is 1.25 bits per heavy atom. The third-order valence-corrected chi connectivity index (χ3v) is 5.01. The Balaban J connectivity index is 1.36. The van der Waals surface area contributed by atoms with E-state index < -0.39 is 24.3 Å². The molecule has 3 saturated heterocycles. The highest BCUT2D eigenvalue weighted by molar-refractivity contribution is 5.19. The Morgan fingerprint density at radius 3 is 2.79 bits per heavy atom. The molecule has 0 bridgehead atoms. The zero-order chi connectivity index (χ0) is 16.7. The molecular weight excluding hydrogens is 308 g/mol. The van der Waals surface area contributed by atoms with Gasteiger partial charge in [-0.25, -0.2) is 0 Å². The summed E-state index contributed by atoms with van der Waals surface area (Å²) in [5.41, 5.74) is 1.29. The maximum Gasteiger partial charge on any atom is 0.190 e. The van der Waals surface area contributed by atoms with Gasteiger partial charge in [0.05, 0.1) is 0 Å². The van der Waals surface area contributed by atoms with E-state index in [-0.39, 0.29) is 6.10 Å². The maximum atomic E-state index is 10.5. The smallest absolute Gasteiger partial charge is 0.190 e. The van der Waals surface area contributed by atoms with Gasteiger partial charge in [-0.15, -0.1) is 0 Å². The number of rotatable bonds is 3. The van der Waals surface area contributed by atoms with Crippen molar-refractivity contribution in [2.75, 3.05) is 26.2 Å². The molecule has 24 heavy (non-hydrogen) atoms. The van der Waals surface area contributed by atoms with Crippen LogP contribution in [0.2, 0.25) is 0 Å². The van der Waals surface area contributed by atoms with Gasteiger partial charge in [0, 0.05) is 32.2 Å². The first-order chi connectivity index (χ1) is 11.5. The van der Waals surface area contributed by atoms with E-state index in [0.717, 1.165) is 19.6 Å². The Morgan fingerprint density at radius 2 is 2.04 bits per heavy atom. The van der Waals surface area contributed by atoms with Crippen LogP contribution in [0.4, 0.5) is 0 Å². The van der Waals surface area contributed by atoms with Crippen LogP contribution in [0, 0.1) is 0 Å². The summed E-state index contributed by atoms with van der Waals surface area (Å²) in [5, 5.41) is 14.1. The van der Waals surface area contributed by atoms with Gasteiger partial charge >= 0.3 is 0 Å². The normalized spacial score (nSPS) is 39.0. The summed E-state index contributed by atoms with van der Waals surface area (Å²) in [6.45, 7) is 7.15. The summed E-state index contributed by atoms with van der Waals surface area (Å²) in [6.07, 6.45) is -1.78. The second-order valence-corrected chi connectivity index (χ2v) is 7.31. The second-order valence-electron chi connectivity index (χ2n) is 7.31. The van der Waals surface area contributed by atoms with Crippen LogP contribution in [0.25, 0.3) is 0 Å². The van der Waals surface area contributed by atoms with Crippen LogP contribution in [0.5, 0.6) is 0 Å². The number of aliphatic hydroxyl groups excluding tert-OH is 1. The van der Waals surface area contributed by atoms with Crippen LogP contribution in [-0.2, 0) is 14.2 Å². The first-order valence-corrected chi connectivity index (χ1v) is 8.72. The highest BCUT2D eigenvalue weighted by atomic mass is 16.8. The minimum absolute atomic E-state index is 0.273. The Kier molecular flexibility index (Phi) is 4.36. The molecule has 1 aromatic carbocycles. The molecule has 6 heteroatoms. The van der Waals surface area contributed by atoms with Crippen LogP contribution in [0.15, 0.2) is 30.3 Å². The van der Waals surface area contributed by atoms with Crippen LogP contribution >= 0.6 is 0 Å². The fraction of sp³-hybridized carbons (Fsp3) is 0.667. The monoisotopic (exact) mass is 334 g/mol. The lowest BCUT2D eigenvalue weighted by Gasteiger charge is -2.36. The molecule has 5 atom stereocenters. The van der Waals surface area contributed by atoms with Gasteiger partial charge in [-0.2, -0.15) is 0 Å². The highest BCUT2D eigenvalue weighted by Gasteiger charge is 2.54. The van der Waals surface area contributed by atoms with Crippen molar-refractivity contribution in [1.29, 1.82) is 0 Å². The zero-order valence-corrected chi connectivity index (χ0v) is 14.2. The van der Waals surface area contributed by atoms with Crippen molar-refractivity contribution in [1.82, 2.24) is 10.2 Å². The third-order valence-electron chi connectivity index (χ3n) is 5.01. The van der Waals surface area contributed by atoms with Gasteiger partial charge in [0.2, 0.25) is 0 Å². The summed E-state index contributed by atoms with van der Waals surface area (Å²) in [6, 6.07) is 10.8. The van der Waals surface area contributed by atoms with Gasteiger partial charge in [0.25, 0.3) is 0 Å². The molecule has 6 nitrogen and oxygen atoms in total. The molecule has 3 fully saturated rings. The standard InChI is InChI=1S/C18H26N2O4/c1-18(2)23-16-15(21)14(22-17(16)24-18)11-20-9-8-19-13(10-20)12-6-4-3-5-7-12/h3-7,13-17,19,21H,8-11H2,1-2H3/t13?,14-,15+,16-,17-/m1/s1. The number of piperazine rings is 1. The second kappa shape index (κ2) is 6.37. The van der Waals surface area contributed by atoms with Crippen molar-refractivity contribution in [3.05, 3.63) is 35.9 Å². The number of hydrogen-bond donors (Lipinski definition) is 2. The van der Waals surface area contributed by atoms with E-state index >= 15 is 0 Å². The largest absolute Gasteiger partial charge is 0.387 e. The average molecular weight is 334 g/mol. The lowest BCUT2D eigenvalue weighted by molar-refractivity contribution is -0.216. The molecular formula is C18H26N2O4. The van der Waals surface area contributed by atoms with E-state index in [1.54, 1.807) is 0 Å². The van der Waals surface area contributed by atoms with Crippen molar-refractivity contribution in [2.24, 2.45) is 0 Å². The third kappa shape index (κ3) is 3.22. The minimum atomic E-state index is -0.686. The van der Waals surface area contributed by atoms with Gasteiger partial charge < -0.3 is 24.6 Å². The van der Waals surface area contributed by atoms with E-state index in [9.17, 15) is 5.11 Å². The number of fused-ring (bicyclic) bond motifs is 1. The van der Waals surface area contributed by atoms with E-state index in [1.165, 1.54) is 5.56 Å². The highest BCUT2D eigenvalue weighted by Crippen LogP contribution is 2.37. The number of benzene rings is 1. The van der Waals surface area contributed by atoms with Gasteiger partial charge in [-0.3, -0.25) is 4.90 Å². The van der Waals surface area contributed by atoms with E-state index in [2.05, 4.69) is 34.5 Å². The summed E-state index contributed by atoms with van der Waals surface area (Å²) in [4.78, 5) is 2.34. The lowest BCUT2D eigenvalue weighted by atomic mass is 10.0. The Bertz CT molecular complexity index is 567. The summed E-state index contributed by atoms with van der Waals surface area (Å²) >= 11 is 0. The molecule has 0 aromatic heterocycles. The molecule has 0 radical (unpaired) electrons. The molecule has 1 aromatic rings. The molecule has 3 heterocycles. The molecule has 0 aliphatic carbocycles. The van der Waals surface area contributed by atoms with Gasteiger partial charge in [-0.1, -0.05) is 30.3 Å². The maximum absolute atomic E-state index is 10.5. The van der Waals surface area contributed by atoms with Crippen molar-refractivity contribution >= 4 is 0 Å². The number of nitrogens with one attached hydrogen (secondary N) is 1. The Hall–Kier alpha value is -1.02. The molecule has 4 rings (SSSR count). The molecule has 2 N–H and O–H groups in total. The molecule has 0 spiro atoms. The fourth-order valence-corrected chi connectivity index (χ4v) is 3.85. The molecule has 1 unspecified atom stereocenters. The summed E-state index contributed by atoms with van der Waals surface area (Å²) in [5.74, 6) is -0.686. The summed E-state index contributed by atoms with van der Waals surface area (Å²) < 4.78 is 17.4. The predicted octanol–water partition coefficient (Wildman–Crippen LogP) is 0.870. The van der Waals surface area contributed by atoms with E-state index in [1.807, 2.05) is 19.9 Å². The molecule has 3 aliphatic rings.